The largest absolute Gasteiger partial charge is 0.381 e. The number of rotatable bonds is 3. The molecule has 4 aromatic rings. The van der Waals surface area contributed by atoms with Gasteiger partial charge in [-0.05, 0) is 31.0 Å². The lowest BCUT2D eigenvalue weighted by Crippen LogP contribution is -2.57. The molecule has 0 saturated carbocycles. The van der Waals surface area contributed by atoms with Crippen molar-refractivity contribution in [2.45, 2.75) is 20.3 Å². The van der Waals surface area contributed by atoms with Gasteiger partial charge in [-0.15, -0.1) is 0 Å². The van der Waals surface area contributed by atoms with E-state index in [0.29, 0.717) is 60.0 Å². The molecule has 2 aromatic heterocycles. The first-order valence-electron chi connectivity index (χ1n) is 13.3. The maximum absolute atomic E-state index is 16.7. The van der Waals surface area contributed by atoms with Gasteiger partial charge in [-0.3, -0.25) is 4.79 Å². The fourth-order valence-corrected chi connectivity index (χ4v) is 6.53. The summed E-state index contributed by atoms with van der Waals surface area (Å²) in [7, 11) is 0. The van der Waals surface area contributed by atoms with Crippen LogP contribution in [0.1, 0.15) is 18.9 Å². The number of ether oxygens (including phenoxy) is 1. The number of aromatic nitrogens is 4. The van der Waals surface area contributed by atoms with E-state index in [1.165, 1.54) is 0 Å². The maximum atomic E-state index is 16.7. The van der Waals surface area contributed by atoms with E-state index in [9.17, 15) is 4.79 Å². The highest BCUT2D eigenvalue weighted by Crippen LogP contribution is 2.44. The number of amides is 1. The van der Waals surface area contributed by atoms with Crippen LogP contribution in [0.4, 0.5) is 16.2 Å². The normalized spacial score (nSPS) is 18.9. The van der Waals surface area contributed by atoms with E-state index in [4.69, 9.17) is 26.3 Å². The van der Waals surface area contributed by atoms with Crippen LogP contribution in [0.3, 0.4) is 0 Å². The van der Waals surface area contributed by atoms with Crippen LogP contribution in [0.5, 0.6) is 0 Å². The van der Waals surface area contributed by atoms with Gasteiger partial charge >= 0.3 is 0 Å². The standard InChI is InChI=1S/C28H29ClFN7O2/c1-16-3-4-20-25(32-15-31-20)21(16)22-19(29)11-18-24(23(22)30)33-27(37-12-28(13-37)5-10-39-14-28)34-26(18)36-8-6-35(7-9-36)17(2)38/h3-4,11,15H,5-10,12-14H2,1-2H3,(H,31,32). The number of carbonyl (C=O) groups is 1. The van der Waals surface area contributed by atoms with E-state index in [1.807, 2.05) is 24.0 Å². The number of anilines is 2. The summed E-state index contributed by atoms with van der Waals surface area (Å²) in [5, 5.41) is 0.845. The Bertz CT molecular complexity index is 1620. The fraction of sp³-hybridized carbons (Fsp3) is 0.429. The molecular formula is C28H29ClFN7O2. The minimum absolute atomic E-state index is 0.0502. The smallest absolute Gasteiger partial charge is 0.228 e. The van der Waals surface area contributed by atoms with Crippen LogP contribution < -0.4 is 9.80 Å². The SMILES string of the molecule is CC(=O)N1CCN(c2nc(N3CC4(CCOC4)C3)nc3c(F)c(-c4c(C)ccc5[nH]cnc45)c(Cl)cc23)CC1. The second-order valence-electron chi connectivity index (χ2n) is 11.0. The molecule has 7 rings (SSSR count). The molecule has 3 aliphatic heterocycles. The highest BCUT2D eigenvalue weighted by Gasteiger charge is 2.47. The van der Waals surface area contributed by atoms with Gasteiger partial charge in [-0.1, -0.05) is 17.7 Å². The average Bonchev–Trinajstić information content (AvgIpc) is 3.59. The lowest BCUT2D eigenvalue weighted by atomic mass is 9.79. The van der Waals surface area contributed by atoms with Crippen LogP contribution >= 0.6 is 11.6 Å². The second kappa shape index (κ2) is 9.02. The molecule has 3 fully saturated rings. The van der Waals surface area contributed by atoms with Crippen LogP contribution in [0.15, 0.2) is 24.5 Å². The van der Waals surface area contributed by atoms with E-state index in [1.54, 1.807) is 19.3 Å². The third kappa shape index (κ3) is 3.91. The summed E-state index contributed by atoms with van der Waals surface area (Å²) in [5.74, 6) is 0.715. The number of aryl methyl sites for hydroxylation is 1. The van der Waals surface area contributed by atoms with Gasteiger partial charge in [0.25, 0.3) is 0 Å². The number of benzene rings is 2. The molecule has 5 heterocycles. The molecule has 1 spiro atoms. The molecule has 1 amide bonds. The monoisotopic (exact) mass is 549 g/mol. The molecule has 11 heteroatoms. The Morgan fingerprint density at radius 2 is 1.90 bits per heavy atom. The van der Waals surface area contributed by atoms with Crippen molar-refractivity contribution in [3.8, 4) is 11.1 Å². The number of fused-ring (bicyclic) bond motifs is 2. The maximum Gasteiger partial charge on any atom is 0.228 e. The number of nitrogens with one attached hydrogen (secondary N) is 1. The van der Waals surface area contributed by atoms with Crippen LogP contribution in [0.25, 0.3) is 33.1 Å². The number of imidazole rings is 1. The topological polar surface area (TPSA) is 90.5 Å². The van der Waals surface area contributed by atoms with Crippen molar-refractivity contribution in [3.05, 3.63) is 40.9 Å². The molecule has 0 unspecified atom stereocenters. The summed E-state index contributed by atoms with van der Waals surface area (Å²) in [4.78, 5) is 35.3. The fourth-order valence-electron chi connectivity index (χ4n) is 6.24. The number of carbonyl (C=O) groups excluding carboxylic acids is 1. The molecule has 0 bridgehead atoms. The highest BCUT2D eigenvalue weighted by atomic mass is 35.5. The number of hydrogen-bond donors (Lipinski definition) is 1. The van der Waals surface area contributed by atoms with Gasteiger partial charge in [-0.2, -0.15) is 4.98 Å². The molecule has 3 saturated heterocycles. The van der Waals surface area contributed by atoms with E-state index in [2.05, 4.69) is 19.8 Å². The lowest BCUT2D eigenvalue weighted by molar-refractivity contribution is -0.129. The Morgan fingerprint density at radius 3 is 2.62 bits per heavy atom. The summed E-state index contributed by atoms with van der Waals surface area (Å²) < 4.78 is 22.3. The minimum atomic E-state index is -0.484. The molecule has 0 radical (unpaired) electrons. The Balaban J connectivity index is 1.38. The van der Waals surface area contributed by atoms with Crippen LogP contribution in [0, 0.1) is 18.2 Å². The number of hydrogen-bond acceptors (Lipinski definition) is 7. The highest BCUT2D eigenvalue weighted by molar-refractivity contribution is 6.35. The van der Waals surface area contributed by atoms with Crippen molar-refractivity contribution in [3.63, 3.8) is 0 Å². The molecule has 39 heavy (non-hydrogen) atoms. The number of H-pyrrole nitrogens is 1. The van der Waals surface area contributed by atoms with Crippen molar-refractivity contribution in [1.29, 1.82) is 0 Å². The van der Waals surface area contributed by atoms with Crippen molar-refractivity contribution in [2.24, 2.45) is 5.41 Å². The Morgan fingerprint density at radius 1 is 1.10 bits per heavy atom. The van der Waals surface area contributed by atoms with Crippen LogP contribution in [-0.4, -0.2) is 83.2 Å². The molecule has 3 aliphatic rings. The van der Waals surface area contributed by atoms with Gasteiger partial charge in [0.15, 0.2) is 5.82 Å². The van der Waals surface area contributed by atoms with Gasteiger partial charge in [-0.25, -0.2) is 14.4 Å². The number of aromatic amines is 1. The number of nitrogens with zero attached hydrogens (tertiary/aromatic N) is 6. The van der Waals surface area contributed by atoms with Gasteiger partial charge in [0.1, 0.15) is 11.3 Å². The van der Waals surface area contributed by atoms with E-state index in [0.717, 1.165) is 43.8 Å². The number of halogens is 2. The van der Waals surface area contributed by atoms with E-state index < -0.39 is 5.82 Å². The first-order chi connectivity index (χ1) is 18.8. The van der Waals surface area contributed by atoms with Crippen molar-refractivity contribution >= 4 is 51.2 Å². The van der Waals surface area contributed by atoms with Crippen molar-refractivity contribution < 1.29 is 13.9 Å². The average molecular weight is 550 g/mol. The molecule has 9 nitrogen and oxygen atoms in total. The molecule has 1 N–H and O–H groups in total. The predicted octanol–water partition coefficient (Wildman–Crippen LogP) is 4.17. The molecular weight excluding hydrogens is 521 g/mol. The van der Waals surface area contributed by atoms with Crippen molar-refractivity contribution in [2.75, 3.05) is 62.3 Å². The minimum Gasteiger partial charge on any atom is -0.381 e. The first kappa shape index (κ1) is 24.5. The predicted molar refractivity (Wildman–Crippen MR) is 149 cm³/mol. The summed E-state index contributed by atoms with van der Waals surface area (Å²) in [6.45, 7) is 8.92. The summed E-state index contributed by atoms with van der Waals surface area (Å²) in [6, 6.07) is 5.64. The van der Waals surface area contributed by atoms with Crippen LogP contribution in [-0.2, 0) is 9.53 Å². The number of piperazine rings is 1. The third-order valence-electron chi connectivity index (χ3n) is 8.45. The summed E-state index contributed by atoms with van der Waals surface area (Å²) in [6.07, 6.45) is 2.62. The van der Waals surface area contributed by atoms with E-state index >= 15 is 4.39 Å². The first-order valence-corrected chi connectivity index (χ1v) is 13.7. The Kier molecular flexibility index (Phi) is 5.68. The molecule has 2 aromatic carbocycles. The molecule has 202 valence electrons. The van der Waals surface area contributed by atoms with Gasteiger partial charge < -0.3 is 24.4 Å². The lowest BCUT2D eigenvalue weighted by Gasteiger charge is -2.47. The zero-order valence-electron chi connectivity index (χ0n) is 21.9. The van der Waals surface area contributed by atoms with E-state index in [-0.39, 0.29) is 21.9 Å². The molecule has 0 atom stereocenters. The Hall–Kier alpha value is -3.50. The zero-order chi connectivity index (χ0) is 26.9. The zero-order valence-corrected chi connectivity index (χ0v) is 22.7. The van der Waals surface area contributed by atoms with Gasteiger partial charge in [0.2, 0.25) is 11.9 Å². The molecule has 0 aliphatic carbocycles. The van der Waals surface area contributed by atoms with Gasteiger partial charge in [0.05, 0.1) is 29.0 Å². The van der Waals surface area contributed by atoms with Gasteiger partial charge in [0, 0.05) is 74.7 Å². The summed E-state index contributed by atoms with van der Waals surface area (Å²) >= 11 is 6.85. The second-order valence-corrected chi connectivity index (χ2v) is 11.4. The Labute approximate surface area is 229 Å². The van der Waals surface area contributed by atoms with Crippen LogP contribution in [0.2, 0.25) is 5.02 Å². The summed E-state index contributed by atoms with van der Waals surface area (Å²) in [5.41, 5.74) is 3.65. The third-order valence-corrected chi connectivity index (χ3v) is 8.74. The van der Waals surface area contributed by atoms with Crippen molar-refractivity contribution in [1.82, 2.24) is 24.8 Å². The quantitative estimate of drug-likeness (QED) is 0.410.